The number of halogens is 1. The van der Waals surface area contributed by atoms with Gasteiger partial charge in [-0.1, -0.05) is 35.9 Å². The Morgan fingerprint density at radius 3 is 2.85 bits per heavy atom. The van der Waals surface area contributed by atoms with Crippen LogP contribution in [-0.2, 0) is 12.8 Å². The summed E-state index contributed by atoms with van der Waals surface area (Å²) in [5.74, 6) is 0.216. The van der Waals surface area contributed by atoms with E-state index in [1.54, 1.807) is 46.2 Å². The highest BCUT2D eigenvalue weighted by Crippen LogP contribution is 2.34. The molecule has 1 N–H and O–H groups in total. The van der Waals surface area contributed by atoms with Crippen LogP contribution in [0.4, 0.5) is 0 Å². The molecule has 0 atom stereocenters. The van der Waals surface area contributed by atoms with Crippen LogP contribution in [0.3, 0.4) is 0 Å². The number of carbonyl (C=O) groups is 1. The molecule has 6 nitrogen and oxygen atoms in total. The lowest BCUT2D eigenvalue weighted by atomic mass is 9.97. The Morgan fingerprint density at radius 2 is 2.00 bits per heavy atom. The molecule has 2 aromatic carbocycles. The molecule has 0 spiro atoms. The van der Waals surface area contributed by atoms with E-state index in [0.717, 1.165) is 41.5 Å². The van der Waals surface area contributed by atoms with Crippen LogP contribution < -0.4 is 11.0 Å². The monoisotopic (exact) mass is 476 g/mol. The quantitative estimate of drug-likeness (QED) is 0.330. The summed E-state index contributed by atoms with van der Waals surface area (Å²) in [5, 5.41) is 5.28. The van der Waals surface area contributed by atoms with E-state index in [1.165, 1.54) is 11.1 Å². The first-order chi connectivity index (χ1) is 16.0. The van der Waals surface area contributed by atoms with Gasteiger partial charge in [0, 0.05) is 21.0 Å². The van der Waals surface area contributed by atoms with Gasteiger partial charge in [0.15, 0.2) is 0 Å². The van der Waals surface area contributed by atoms with Crippen LogP contribution in [0.15, 0.2) is 58.4 Å². The first-order valence-electron chi connectivity index (χ1n) is 10.7. The normalized spacial score (nSPS) is 13.4. The van der Waals surface area contributed by atoms with Crippen LogP contribution >= 0.6 is 22.9 Å². The second kappa shape index (κ2) is 8.92. The molecule has 1 amide bonds. The lowest BCUT2D eigenvalue weighted by Gasteiger charge is -2.12. The number of fused-ring (bicyclic) bond motifs is 3. The van der Waals surface area contributed by atoms with Gasteiger partial charge < -0.3 is 0 Å². The Morgan fingerprint density at radius 1 is 1.18 bits per heavy atom. The summed E-state index contributed by atoms with van der Waals surface area (Å²) in [6.45, 7) is 1.82. The standard InChI is InChI=1S/C25H21ClN4O2S/c1-15-28-24-22(19-10-3-5-12-21(19)33-24)25(32)30(15)18-9-6-8-16(13-18)23(31)29-27-14-17-7-2-4-11-20(17)26/h2,4,6-9,11,13-14H,3,5,10,12H2,1H3,(H,29,31)/b27-14+. The minimum absolute atomic E-state index is 0.0776. The Kier molecular flexibility index (Phi) is 5.83. The van der Waals surface area contributed by atoms with E-state index in [9.17, 15) is 9.59 Å². The molecule has 2 heterocycles. The number of nitrogens with one attached hydrogen (secondary N) is 1. The van der Waals surface area contributed by atoms with Gasteiger partial charge in [0.1, 0.15) is 10.7 Å². The number of rotatable bonds is 4. The summed E-state index contributed by atoms with van der Waals surface area (Å²) in [6.07, 6.45) is 5.68. The number of nitrogens with zero attached hydrogens (tertiary/aromatic N) is 3. The van der Waals surface area contributed by atoms with Crippen molar-refractivity contribution >= 4 is 45.3 Å². The number of benzene rings is 2. The van der Waals surface area contributed by atoms with Gasteiger partial charge in [-0.3, -0.25) is 14.2 Å². The molecule has 0 saturated heterocycles. The number of amides is 1. The van der Waals surface area contributed by atoms with E-state index in [2.05, 4.69) is 10.5 Å². The molecular formula is C25H21ClN4O2S. The fourth-order valence-electron chi connectivity index (χ4n) is 4.20. The number of aromatic nitrogens is 2. The lowest BCUT2D eigenvalue weighted by molar-refractivity contribution is 0.0955. The molecule has 0 unspecified atom stereocenters. The van der Waals surface area contributed by atoms with E-state index in [1.807, 2.05) is 25.1 Å². The van der Waals surface area contributed by atoms with Crippen LogP contribution in [0, 0.1) is 6.92 Å². The van der Waals surface area contributed by atoms with Gasteiger partial charge in [-0.05, 0) is 62.4 Å². The maximum Gasteiger partial charge on any atom is 0.271 e. The average Bonchev–Trinajstić information content (AvgIpc) is 3.19. The van der Waals surface area contributed by atoms with Crippen molar-refractivity contribution in [1.82, 2.24) is 15.0 Å². The molecule has 0 radical (unpaired) electrons. The van der Waals surface area contributed by atoms with Crippen molar-refractivity contribution in [2.24, 2.45) is 5.10 Å². The van der Waals surface area contributed by atoms with E-state index in [4.69, 9.17) is 16.6 Å². The van der Waals surface area contributed by atoms with Gasteiger partial charge in [0.05, 0.1) is 17.3 Å². The molecule has 1 aliphatic carbocycles. The van der Waals surface area contributed by atoms with Crippen molar-refractivity contribution in [3.05, 3.63) is 91.3 Å². The maximum absolute atomic E-state index is 13.5. The van der Waals surface area contributed by atoms with Crippen LogP contribution in [0.1, 0.15) is 45.0 Å². The van der Waals surface area contributed by atoms with Gasteiger partial charge >= 0.3 is 0 Å². The SMILES string of the molecule is Cc1nc2sc3c(c2c(=O)n1-c1cccc(C(=O)N/N=C/c2ccccc2Cl)c1)CCCC3. The summed E-state index contributed by atoms with van der Waals surface area (Å²) >= 11 is 7.75. The van der Waals surface area contributed by atoms with E-state index < -0.39 is 0 Å². The molecule has 33 heavy (non-hydrogen) atoms. The zero-order valence-electron chi connectivity index (χ0n) is 18.0. The Hall–Kier alpha value is -3.29. The second-order valence-electron chi connectivity index (χ2n) is 7.96. The summed E-state index contributed by atoms with van der Waals surface area (Å²) < 4.78 is 1.59. The van der Waals surface area contributed by atoms with E-state index >= 15 is 0 Å². The number of carbonyl (C=O) groups excluding carboxylic acids is 1. The molecule has 0 bridgehead atoms. The van der Waals surface area contributed by atoms with Gasteiger partial charge in [0.2, 0.25) is 0 Å². The van der Waals surface area contributed by atoms with Gasteiger partial charge in [0.25, 0.3) is 11.5 Å². The van der Waals surface area contributed by atoms with Crippen molar-refractivity contribution < 1.29 is 4.79 Å². The molecule has 0 fully saturated rings. The predicted octanol–water partition coefficient (Wildman–Crippen LogP) is 5.05. The van der Waals surface area contributed by atoms with Crippen molar-refractivity contribution in [3.8, 4) is 5.69 Å². The summed E-state index contributed by atoms with van der Waals surface area (Å²) in [7, 11) is 0. The maximum atomic E-state index is 13.5. The molecule has 8 heteroatoms. The first kappa shape index (κ1) is 21.6. The molecule has 5 rings (SSSR count). The summed E-state index contributed by atoms with van der Waals surface area (Å²) in [5.41, 5.74) is 5.29. The molecule has 166 valence electrons. The number of thiophene rings is 1. The summed E-state index contributed by atoms with van der Waals surface area (Å²) in [6, 6.07) is 14.2. The highest BCUT2D eigenvalue weighted by atomic mass is 35.5. The number of hydrogen-bond acceptors (Lipinski definition) is 5. The third-order valence-corrected chi connectivity index (χ3v) is 7.33. The van der Waals surface area contributed by atoms with Crippen molar-refractivity contribution in [1.29, 1.82) is 0 Å². The largest absolute Gasteiger partial charge is 0.271 e. The molecule has 0 aliphatic heterocycles. The van der Waals surface area contributed by atoms with Crippen molar-refractivity contribution in [2.75, 3.05) is 0 Å². The average molecular weight is 477 g/mol. The molecular weight excluding hydrogens is 456 g/mol. The van der Waals surface area contributed by atoms with Crippen LogP contribution in [-0.4, -0.2) is 21.7 Å². The molecule has 0 saturated carbocycles. The Bertz CT molecular complexity index is 1470. The highest BCUT2D eigenvalue weighted by Gasteiger charge is 2.22. The third kappa shape index (κ3) is 4.10. The minimum Gasteiger partial charge on any atom is -0.268 e. The van der Waals surface area contributed by atoms with E-state index in [-0.39, 0.29) is 11.5 Å². The predicted molar refractivity (Wildman–Crippen MR) is 133 cm³/mol. The fraction of sp³-hybridized carbons (Fsp3) is 0.200. The number of hydrazone groups is 1. The van der Waals surface area contributed by atoms with Gasteiger partial charge in [-0.25, -0.2) is 10.4 Å². The molecule has 4 aromatic rings. The Labute approximate surface area is 199 Å². The van der Waals surface area contributed by atoms with Crippen molar-refractivity contribution in [2.45, 2.75) is 32.6 Å². The number of hydrogen-bond donors (Lipinski definition) is 1. The third-order valence-electron chi connectivity index (χ3n) is 5.80. The number of aryl methyl sites for hydroxylation is 3. The van der Waals surface area contributed by atoms with Gasteiger partial charge in [-0.2, -0.15) is 5.10 Å². The molecule has 2 aromatic heterocycles. The smallest absolute Gasteiger partial charge is 0.268 e. The van der Waals surface area contributed by atoms with Gasteiger partial charge in [-0.15, -0.1) is 11.3 Å². The second-order valence-corrected chi connectivity index (χ2v) is 9.45. The lowest BCUT2D eigenvalue weighted by Crippen LogP contribution is -2.23. The van der Waals surface area contributed by atoms with E-state index in [0.29, 0.717) is 27.7 Å². The highest BCUT2D eigenvalue weighted by molar-refractivity contribution is 7.18. The van der Waals surface area contributed by atoms with Crippen LogP contribution in [0.25, 0.3) is 15.9 Å². The minimum atomic E-state index is -0.382. The fourth-order valence-corrected chi connectivity index (χ4v) is 5.68. The van der Waals surface area contributed by atoms with Crippen molar-refractivity contribution in [3.63, 3.8) is 0 Å². The zero-order chi connectivity index (χ0) is 22.9. The molecule has 1 aliphatic rings. The Balaban J connectivity index is 1.47. The first-order valence-corrected chi connectivity index (χ1v) is 11.9. The topological polar surface area (TPSA) is 76.3 Å². The van der Waals surface area contributed by atoms with Crippen LogP contribution in [0.2, 0.25) is 5.02 Å². The zero-order valence-corrected chi connectivity index (χ0v) is 19.5. The van der Waals surface area contributed by atoms with Crippen LogP contribution in [0.5, 0.6) is 0 Å². The summed E-state index contributed by atoms with van der Waals surface area (Å²) in [4.78, 5) is 33.0.